The summed E-state index contributed by atoms with van der Waals surface area (Å²) in [4.78, 5) is 33.9. The normalized spacial score (nSPS) is 24.0. The van der Waals surface area contributed by atoms with Gasteiger partial charge in [-0.3, -0.25) is 18.6 Å². The standard InChI is InChI=1S/C18H22O10S/c1-10-5-7-14(8-6-10)29(22,23)28-16-15(9-24-11(2)19)27-18(26-13(4)21)17(16)25-12(3)20/h5-8,15-18H,9H2,1-4H3/t15-,16-,17-,18-/m0/s1. The molecule has 2 rings (SSSR count). The monoisotopic (exact) mass is 430 g/mol. The molecule has 0 amide bonds. The van der Waals surface area contributed by atoms with E-state index in [2.05, 4.69) is 0 Å². The summed E-state index contributed by atoms with van der Waals surface area (Å²) >= 11 is 0. The third-order valence-corrected chi connectivity index (χ3v) is 5.17. The van der Waals surface area contributed by atoms with Crippen molar-refractivity contribution in [1.29, 1.82) is 0 Å². The number of esters is 3. The smallest absolute Gasteiger partial charge is 0.305 e. The lowest BCUT2D eigenvalue weighted by atomic mass is 10.1. The Morgan fingerprint density at radius 1 is 0.931 bits per heavy atom. The maximum Gasteiger partial charge on any atom is 0.305 e. The first-order chi connectivity index (χ1) is 13.5. The van der Waals surface area contributed by atoms with Crippen LogP contribution in [-0.2, 0) is 47.6 Å². The molecule has 1 aromatic carbocycles. The van der Waals surface area contributed by atoms with Crippen LogP contribution in [0.15, 0.2) is 29.2 Å². The van der Waals surface area contributed by atoms with Crippen LogP contribution >= 0.6 is 0 Å². The molecule has 160 valence electrons. The number of hydrogen-bond acceptors (Lipinski definition) is 10. The van der Waals surface area contributed by atoms with E-state index < -0.39 is 59.2 Å². The van der Waals surface area contributed by atoms with Gasteiger partial charge in [-0.15, -0.1) is 0 Å². The van der Waals surface area contributed by atoms with Gasteiger partial charge in [-0.25, -0.2) is 0 Å². The molecule has 10 nitrogen and oxygen atoms in total. The molecule has 0 saturated carbocycles. The van der Waals surface area contributed by atoms with Gasteiger partial charge in [-0.1, -0.05) is 17.7 Å². The predicted molar refractivity (Wildman–Crippen MR) is 95.9 cm³/mol. The van der Waals surface area contributed by atoms with Gasteiger partial charge in [0.05, 0.1) is 4.90 Å². The van der Waals surface area contributed by atoms with Crippen molar-refractivity contribution in [2.75, 3.05) is 6.61 Å². The Kier molecular flexibility index (Phi) is 7.33. The molecule has 4 atom stereocenters. The maximum absolute atomic E-state index is 12.7. The summed E-state index contributed by atoms with van der Waals surface area (Å²) in [6.45, 7) is 4.74. The van der Waals surface area contributed by atoms with Crippen LogP contribution in [0.1, 0.15) is 26.3 Å². The Labute approximate surface area is 168 Å². The van der Waals surface area contributed by atoms with E-state index in [-0.39, 0.29) is 4.90 Å². The molecular weight excluding hydrogens is 408 g/mol. The first-order valence-corrected chi connectivity index (χ1v) is 10.0. The third kappa shape index (κ3) is 6.24. The van der Waals surface area contributed by atoms with Gasteiger partial charge in [-0.2, -0.15) is 8.42 Å². The summed E-state index contributed by atoms with van der Waals surface area (Å²) in [6.07, 6.45) is -5.42. The molecule has 11 heteroatoms. The van der Waals surface area contributed by atoms with Crippen LogP contribution in [0, 0.1) is 6.92 Å². The molecule has 0 aliphatic carbocycles. The van der Waals surface area contributed by atoms with Crippen LogP contribution < -0.4 is 0 Å². The molecule has 29 heavy (non-hydrogen) atoms. The van der Waals surface area contributed by atoms with Crippen LogP contribution in [0.25, 0.3) is 0 Å². The fraction of sp³-hybridized carbons (Fsp3) is 0.500. The zero-order valence-corrected chi connectivity index (χ0v) is 17.1. The van der Waals surface area contributed by atoms with Crippen molar-refractivity contribution in [3.63, 3.8) is 0 Å². The van der Waals surface area contributed by atoms with Gasteiger partial charge < -0.3 is 18.9 Å². The van der Waals surface area contributed by atoms with E-state index in [0.29, 0.717) is 0 Å². The number of carbonyl (C=O) groups excluding carboxylic acids is 3. The van der Waals surface area contributed by atoms with E-state index in [9.17, 15) is 22.8 Å². The Hall–Kier alpha value is -2.50. The summed E-state index contributed by atoms with van der Waals surface area (Å²) in [7, 11) is -4.30. The Morgan fingerprint density at radius 3 is 2.03 bits per heavy atom. The van der Waals surface area contributed by atoms with Gasteiger partial charge in [0.25, 0.3) is 10.1 Å². The fourth-order valence-electron chi connectivity index (χ4n) is 2.62. The van der Waals surface area contributed by atoms with Gasteiger partial charge in [0, 0.05) is 20.8 Å². The van der Waals surface area contributed by atoms with Crippen LogP contribution in [0.2, 0.25) is 0 Å². The Balaban J connectivity index is 2.35. The van der Waals surface area contributed by atoms with E-state index in [4.69, 9.17) is 23.1 Å². The summed E-state index contributed by atoms with van der Waals surface area (Å²) in [5, 5.41) is 0. The highest BCUT2D eigenvalue weighted by Gasteiger charge is 2.52. The van der Waals surface area contributed by atoms with Crippen molar-refractivity contribution in [1.82, 2.24) is 0 Å². The van der Waals surface area contributed by atoms with Crippen LogP contribution in [0.3, 0.4) is 0 Å². The zero-order chi connectivity index (χ0) is 21.8. The van der Waals surface area contributed by atoms with Crippen molar-refractivity contribution in [3.8, 4) is 0 Å². The van der Waals surface area contributed by atoms with Crippen molar-refractivity contribution in [2.45, 2.75) is 57.2 Å². The van der Waals surface area contributed by atoms with Gasteiger partial charge in [0.1, 0.15) is 12.7 Å². The minimum atomic E-state index is -4.30. The number of hydrogen-bond donors (Lipinski definition) is 0. The molecule has 1 aromatic rings. The topological polar surface area (TPSA) is 132 Å². The summed E-state index contributed by atoms with van der Waals surface area (Å²) in [5.74, 6) is -2.17. The Morgan fingerprint density at radius 2 is 1.52 bits per heavy atom. The van der Waals surface area contributed by atoms with E-state index >= 15 is 0 Å². The average Bonchev–Trinajstić information content (AvgIpc) is 2.88. The zero-order valence-electron chi connectivity index (χ0n) is 16.3. The molecule has 1 saturated heterocycles. The van der Waals surface area contributed by atoms with Gasteiger partial charge in [0.15, 0.2) is 12.2 Å². The molecule has 1 aliphatic heterocycles. The highest BCUT2D eigenvalue weighted by molar-refractivity contribution is 7.86. The van der Waals surface area contributed by atoms with Crippen molar-refractivity contribution in [2.24, 2.45) is 0 Å². The van der Waals surface area contributed by atoms with Gasteiger partial charge in [0.2, 0.25) is 6.29 Å². The first kappa shape index (κ1) is 22.8. The lowest BCUT2D eigenvalue weighted by molar-refractivity contribution is -0.197. The molecule has 1 fully saturated rings. The predicted octanol–water partition coefficient (Wildman–Crippen LogP) is 0.852. The van der Waals surface area contributed by atoms with E-state index in [1.54, 1.807) is 19.1 Å². The van der Waals surface area contributed by atoms with E-state index in [1.807, 2.05) is 0 Å². The van der Waals surface area contributed by atoms with Crippen molar-refractivity contribution < 1.29 is 45.9 Å². The first-order valence-electron chi connectivity index (χ1n) is 8.63. The number of benzene rings is 1. The molecule has 0 bridgehead atoms. The number of rotatable bonds is 7. The number of ether oxygens (including phenoxy) is 4. The molecule has 0 spiro atoms. The summed E-state index contributed by atoms with van der Waals surface area (Å²) < 4.78 is 51.1. The quantitative estimate of drug-likeness (QED) is 0.348. The van der Waals surface area contributed by atoms with Crippen LogP contribution in [-0.4, -0.2) is 57.5 Å². The van der Waals surface area contributed by atoms with Crippen molar-refractivity contribution in [3.05, 3.63) is 29.8 Å². The van der Waals surface area contributed by atoms with Crippen LogP contribution in [0.4, 0.5) is 0 Å². The lowest BCUT2D eigenvalue weighted by Gasteiger charge is -2.23. The van der Waals surface area contributed by atoms with Crippen molar-refractivity contribution >= 4 is 28.0 Å². The third-order valence-electron chi connectivity index (χ3n) is 3.85. The number of carbonyl (C=O) groups is 3. The fourth-order valence-corrected chi connectivity index (χ4v) is 3.73. The molecular formula is C18H22O10S. The van der Waals surface area contributed by atoms with E-state index in [1.165, 1.54) is 12.1 Å². The SMILES string of the molecule is CC(=O)OC[C@@H]1O[C@H](OC(C)=O)[C@@H](OC(C)=O)[C@H]1OS(=O)(=O)c1ccc(C)cc1. The maximum atomic E-state index is 12.7. The molecule has 0 radical (unpaired) electrons. The average molecular weight is 430 g/mol. The molecule has 1 aliphatic rings. The van der Waals surface area contributed by atoms with Gasteiger partial charge in [-0.05, 0) is 19.1 Å². The molecule has 0 unspecified atom stereocenters. The second kappa shape index (κ2) is 9.33. The minimum absolute atomic E-state index is 0.133. The highest BCUT2D eigenvalue weighted by Crippen LogP contribution is 2.31. The Bertz CT molecular complexity index is 861. The van der Waals surface area contributed by atoms with Crippen LogP contribution in [0.5, 0.6) is 0 Å². The summed E-state index contributed by atoms with van der Waals surface area (Å²) in [5.41, 5.74) is 0.841. The minimum Gasteiger partial charge on any atom is -0.463 e. The molecule has 1 heterocycles. The molecule has 0 N–H and O–H groups in total. The second-order valence-electron chi connectivity index (χ2n) is 6.36. The summed E-state index contributed by atoms with van der Waals surface area (Å²) in [6, 6.07) is 5.88. The van der Waals surface area contributed by atoms with Gasteiger partial charge >= 0.3 is 17.9 Å². The lowest BCUT2D eigenvalue weighted by Crippen LogP contribution is -2.42. The van der Waals surface area contributed by atoms with E-state index in [0.717, 1.165) is 26.3 Å². The largest absolute Gasteiger partial charge is 0.463 e. The molecule has 0 aromatic heterocycles. The highest BCUT2D eigenvalue weighted by atomic mass is 32.2. The second-order valence-corrected chi connectivity index (χ2v) is 7.93. The number of aryl methyl sites for hydroxylation is 1.